The van der Waals surface area contributed by atoms with E-state index in [1.807, 2.05) is 23.5 Å². The SMILES string of the molecule is CC(C)(CCn1c(S)c2c(cc1=S)SCC2)CCS(=O)CCS(=O)CCC(C)(C)CCn1c(S)c2c(cc1=S)SCC2. The fraction of sp³-hybridized carbons (Fsp3) is 0.667. The Bertz CT molecular complexity index is 1350. The number of nitrogens with zero attached hydrogens (tertiary/aromatic N) is 2. The number of pyridine rings is 2. The molecule has 2 aliphatic heterocycles. The van der Waals surface area contributed by atoms with Crippen molar-refractivity contribution in [1.29, 1.82) is 0 Å². The number of hydrogen-bond donors (Lipinski definition) is 2. The minimum Gasteiger partial charge on any atom is -0.327 e. The molecule has 4 nitrogen and oxygen atoms in total. The van der Waals surface area contributed by atoms with Crippen LogP contribution in [0.5, 0.6) is 0 Å². The highest BCUT2D eigenvalue weighted by Gasteiger charge is 2.24. The maximum absolute atomic E-state index is 12.8. The molecule has 0 N–H and O–H groups in total. The van der Waals surface area contributed by atoms with E-state index in [0.717, 1.165) is 82.5 Å². The highest BCUT2D eigenvalue weighted by atomic mass is 32.2. The Morgan fingerprint density at radius 2 is 1.10 bits per heavy atom. The fourth-order valence-corrected chi connectivity index (χ4v) is 12.8. The summed E-state index contributed by atoms with van der Waals surface area (Å²) in [5.41, 5.74) is 2.72. The van der Waals surface area contributed by atoms with Gasteiger partial charge in [-0.3, -0.25) is 8.42 Å². The maximum atomic E-state index is 12.8. The second-order valence-corrected chi connectivity index (χ2v) is 20.2. The third kappa shape index (κ3) is 9.48. The lowest BCUT2D eigenvalue weighted by Gasteiger charge is -2.26. The molecule has 0 radical (unpaired) electrons. The minimum absolute atomic E-state index is 0.0367. The molecule has 0 fully saturated rings. The van der Waals surface area contributed by atoms with E-state index in [1.165, 1.54) is 20.9 Å². The number of thioether (sulfide) groups is 2. The zero-order valence-corrected chi connectivity index (χ0v) is 31.8. The number of aromatic nitrogens is 2. The molecule has 2 aliphatic rings. The Balaban J connectivity index is 1.17. The van der Waals surface area contributed by atoms with E-state index in [2.05, 4.69) is 49.0 Å². The smallest absolute Gasteiger partial charge is 0.107 e. The monoisotopic (exact) mass is 720 g/mol. The fourth-order valence-electron chi connectivity index (χ4n) is 5.24. The van der Waals surface area contributed by atoms with E-state index in [1.54, 1.807) is 0 Å². The van der Waals surface area contributed by atoms with Gasteiger partial charge in [0.15, 0.2) is 0 Å². The summed E-state index contributed by atoms with van der Waals surface area (Å²) in [5, 5.41) is 2.01. The predicted octanol–water partition coefficient (Wildman–Crippen LogP) is 8.43. The summed E-state index contributed by atoms with van der Waals surface area (Å²) >= 11 is 24.7. The molecular weight excluding hydrogens is 677 g/mol. The molecule has 0 saturated heterocycles. The zero-order chi connectivity index (χ0) is 30.7. The lowest BCUT2D eigenvalue weighted by Crippen LogP contribution is -2.22. The van der Waals surface area contributed by atoms with Crippen LogP contribution in [0.2, 0.25) is 0 Å². The first-order valence-corrected chi connectivity index (χ1v) is 21.3. The molecule has 2 unspecified atom stereocenters. The van der Waals surface area contributed by atoms with Gasteiger partial charge >= 0.3 is 0 Å². The van der Waals surface area contributed by atoms with Gasteiger partial charge in [-0.05, 0) is 72.6 Å². The van der Waals surface area contributed by atoms with Crippen LogP contribution >= 0.6 is 73.2 Å². The van der Waals surface area contributed by atoms with Gasteiger partial charge in [-0.15, -0.1) is 48.8 Å². The highest BCUT2D eigenvalue weighted by Crippen LogP contribution is 2.37. The molecule has 2 aromatic heterocycles. The summed E-state index contributed by atoms with van der Waals surface area (Å²) < 4.78 is 31.7. The summed E-state index contributed by atoms with van der Waals surface area (Å²) in [4.78, 5) is 2.56. The number of hydrogen-bond acceptors (Lipinski definition) is 8. The van der Waals surface area contributed by atoms with Crippen LogP contribution in [0, 0.1) is 20.1 Å². The van der Waals surface area contributed by atoms with Crippen molar-refractivity contribution < 1.29 is 8.42 Å². The third-order valence-corrected chi connectivity index (χ3v) is 15.2. The van der Waals surface area contributed by atoms with Crippen LogP contribution in [0.15, 0.2) is 32.0 Å². The standard InChI is InChI=1S/C30H44N2O2S8/c1-29(2,7-11-31-25(35)19-23-21(27(31)37)5-13-39-23)9-15-41(33)17-18-42(34)16-10-30(3,4)8-12-32-26(36)20-24-22(28(32)38)6-14-40-24/h19-20,37-38H,5-18H2,1-4H3. The van der Waals surface area contributed by atoms with Crippen molar-refractivity contribution in [1.82, 2.24) is 9.13 Å². The summed E-state index contributed by atoms with van der Waals surface area (Å²) in [7, 11) is -1.93. The van der Waals surface area contributed by atoms with Gasteiger partial charge < -0.3 is 9.13 Å². The third-order valence-electron chi connectivity index (χ3n) is 8.48. The minimum atomic E-state index is -0.966. The first-order valence-electron chi connectivity index (χ1n) is 14.6. The van der Waals surface area contributed by atoms with Crippen molar-refractivity contribution in [3.05, 3.63) is 32.5 Å². The van der Waals surface area contributed by atoms with Crippen molar-refractivity contribution in [3.63, 3.8) is 0 Å². The van der Waals surface area contributed by atoms with E-state index in [9.17, 15) is 8.42 Å². The molecule has 2 atom stereocenters. The molecule has 0 saturated carbocycles. The van der Waals surface area contributed by atoms with E-state index in [-0.39, 0.29) is 10.8 Å². The van der Waals surface area contributed by atoms with E-state index < -0.39 is 21.6 Å². The van der Waals surface area contributed by atoms with Crippen LogP contribution in [0.4, 0.5) is 0 Å². The van der Waals surface area contributed by atoms with E-state index in [0.29, 0.717) is 23.0 Å². The van der Waals surface area contributed by atoms with Crippen molar-refractivity contribution in [2.45, 2.75) is 99.2 Å². The van der Waals surface area contributed by atoms with Gasteiger partial charge in [-0.2, -0.15) is 0 Å². The first-order chi connectivity index (χ1) is 19.8. The van der Waals surface area contributed by atoms with E-state index in [4.69, 9.17) is 49.7 Å². The van der Waals surface area contributed by atoms with E-state index >= 15 is 0 Å². The Morgan fingerprint density at radius 3 is 1.48 bits per heavy atom. The highest BCUT2D eigenvalue weighted by molar-refractivity contribution is 8.00. The lowest BCUT2D eigenvalue weighted by atomic mass is 9.86. The molecule has 42 heavy (non-hydrogen) atoms. The van der Waals surface area contributed by atoms with Crippen molar-refractivity contribution >= 4 is 94.8 Å². The predicted molar refractivity (Wildman–Crippen MR) is 196 cm³/mol. The molecule has 0 amide bonds. The molecule has 0 bridgehead atoms. The van der Waals surface area contributed by atoms with Gasteiger partial charge in [0, 0.05) is 79.0 Å². The number of fused-ring (bicyclic) bond motifs is 2. The lowest BCUT2D eigenvalue weighted by molar-refractivity contribution is 0.297. The Morgan fingerprint density at radius 1 is 0.714 bits per heavy atom. The Labute approximate surface area is 287 Å². The molecule has 12 heteroatoms. The van der Waals surface area contributed by atoms with Crippen LogP contribution in [0.1, 0.15) is 64.5 Å². The summed E-state index contributed by atoms with van der Waals surface area (Å²) in [6.07, 6.45) is 5.73. The average molecular weight is 721 g/mol. The van der Waals surface area contributed by atoms with Crippen LogP contribution in [0.3, 0.4) is 0 Å². The van der Waals surface area contributed by atoms with Crippen LogP contribution < -0.4 is 0 Å². The second kappa shape index (κ2) is 15.4. The number of rotatable bonds is 15. The molecule has 0 aliphatic carbocycles. The zero-order valence-electron chi connectivity index (χ0n) is 25.1. The number of thiol groups is 2. The molecule has 234 valence electrons. The Hall–Kier alpha value is 0.440. The van der Waals surface area contributed by atoms with Gasteiger partial charge in [-0.25, -0.2) is 0 Å². The van der Waals surface area contributed by atoms with Gasteiger partial charge in [0.2, 0.25) is 0 Å². The summed E-state index contributed by atoms with van der Waals surface area (Å²) in [6, 6.07) is 4.23. The second-order valence-electron chi connectivity index (χ2n) is 12.8. The molecule has 0 aromatic carbocycles. The molecule has 4 rings (SSSR count). The molecule has 0 spiro atoms. The summed E-state index contributed by atoms with van der Waals surface area (Å²) in [6.45, 7) is 10.6. The largest absolute Gasteiger partial charge is 0.327 e. The summed E-state index contributed by atoms with van der Waals surface area (Å²) in [5.74, 6) is 4.49. The average Bonchev–Trinajstić information content (AvgIpc) is 3.59. The van der Waals surface area contributed by atoms with Gasteiger partial charge in [0.05, 0.1) is 10.1 Å². The molecule has 4 heterocycles. The van der Waals surface area contributed by atoms with Gasteiger partial charge in [0.1, 0.15) is 9.28 Å². The van der Waals surface area contributed by atoms with Crippen LogP contribution in [-0.4, -0.2) is 52.1 Å². The maximum Gasteiger partial charge on any atom is 0.107 e. The van der Waals surface area contributed by atoms with Gasteiger partial charge in [-0.1, -0.05) is 52.1 Å². The van der Waals surface area contributed by atoms with Crippen LogP contribution in [-0.2, 0) is 47.5 Å². The quantitative estimate of drug-likeness (QED) is 0.142. The molecular formula is C30H44N2O2S8. The van der Waals surface area contributed by atoms with Crippen molar-refractivity contribution in [2.75, 3.05) is 34.5 Å². The van der Waals surface area contributed by atoms with Crippen LogP contribution in [0.25, 0.3) is 0 Å². The van der Waals surface area contributed by atoms with Crippen molar-refractivity contribution in [3.8, 4) is 0 Å². The molecule has 2 aromatic rings. The Kier molecular flexibility index (Phi) is 12.9. The normalized spacial score (nSPS) is 16.4. The van der Waals surface area contributed by atoms with Crippen molar-refractivity contribution in [2.24, 2.45) is 10.8 Å². The first kappa shape index (κ1) is 35.3. The topological polar surface area (TPSA) is 44.0 Å². The van der Waals surface area contributed by atoms with Gasteiger partial charge in [0.25, 0.3) is 0 Å².